The van der Waals surface area contributed by atoms with Gasteiger partial charge in [0.1, 0.15) is 6.29 Å². The predicted octanol–water partition coefficient (Wildman–Crippen LogP) is 2.97. The van der Waals surface area contributed by atoms with Crippen molar-refractivity contribution in [2.45, 2.75) is 19.3 Å². The molecule has 0 unspecified atom stereocenters. The van der Waals surface area contributed by atoms with E-state index in [4.69, 9.17) is 0 Å². The zero-order chi connectivity index (χ0) is 9.31. The van der Waals surface area contributed by atoms with Crippen LogP contribution in [0.3, 0.4) is 0 Å². The van der Waals surface area contributed by atoms with Crippen molar-refractivity contribution in [2.75, 3.05) is 0 Å². The second kappa shape index (κ2) is 3.26. The maximum Gasteiger partial charge on any atom is 0.126 e. The third kappa shape index (κ3) is 1.99. The molecule has 0 N–H and O–H groups in total. The third-order valence-corrected chi connectivity index (χ3v) is 3.08. The second-order valence-electron chi connectivity index (χ2n) is 3.79. The Balaban J connectivity index is 2.14. The molecule has 0 spiro atoms. The van der Waals surface area contributed by atoms with Crippen molar-refractivity contribution in [1.82, 2.24) is 0 Å². The van der Waals surface area contributed by atoms with Gasteiger partial charge in [-0.3, -0.25) is 0 Å². The maximum atomic E-state index is 10.8. The Morgan fingerprint density at radius 1 is 1.46 bits per heavy atom. The highest BCUT2D eigenvalue weighted by molar-refractivity contribution is 9.10. The van der Waals surface area contributed by atoms with Crippen LogP contribution in [0.2, 0.25) is 0 Å². The van der Waals surface area contributed by atoms with E-state index in [1.165, 1.54) is 5.56 Å². The lowest BCUT2D eigenvalue weighted by atomic mass is 9.98. The summed E-state index contributed by atoms with van der Waals surface area (Å²) >= 11 is 3.42. The van der Waals surface area contributed by atoms with E-state index in [-0.39, 0.29) is 5.41 Å². The molecule has 13 heavy (non-hydrogen) atoms. The zero-order valence-corrected chi connectivity index (χ0v) is 8.88. The first kappa shape index (κ1) is 8.95. The van der Waals surface area contributed by atoms with E-state index in [1.54, 1.807) is 0 Å². The summed E-state index contributed by atoms with van der Waals surface area (Å²) in [7, 11) is 0. The van der Waals surface area contributed by atoms with Crippen molar-refractivity contribution < 1.29 is 4.79 Å². The molecule has 1 nitrogen and oxygen atoms in total. The molecule has 1 saturated carbocycles. The molecule has 0 heterocycles. The van der Waals surface area contributed by atoms with Crippen molar-refractivity contribution in [1.29, 1.82) is 0 Å². The molecule has 1 aliphatic carbocycles. The van der Waals surface area contributed by atoms with Crippen molar-refractivity contribution in [3.8, 4) is 0 Å². The molecule has 1 aromatic rings. The highest BCUT2D eigenvalue weighted by atomic mass is 79.9. The number of rotatable bonds is 3. The van der Waals surface area contributed by atoms with Gasteiger partial charge in [0.05, 0.1) is 0 Å². The minimum atomic E-state index is -0.0131. The van der Waals surface area contributed by atoms with Gasteiger partial charge < -0.3 is 4.79 Å². The normalized spacial score (nSPS) is 18.2. The summed E-state index contributed by atoms with van der Waals surface area (Å²) in [5, 5.41) is 0. The van der Waals surface area contributed by atoms with Gasteiger partial charge in [-0.2, -0.15) is 0 Å². The monoisotopic (exact) mass is 238 g/mol. The Kier molecular flexibility index (Phi) is 2.24. The minimum absolute atomic E-state index is 0.0131. The fourth-order valence-electron chi connectivity index (χ4n) is 1.55. The van der Waals surface area contributed by atoms with Gasteiger partial charge in [0.15, 0.2) is 0 Å². The van der Waals surface area contributed by atoms with Crippen molar-refractivity contribution in [3.63, 3.8) is 0 Å². The number of hydrogen-bond acceptors (Lipinski definition) is 1. The Labute approximate surface area is 86.3 Å². The number of hydrogen-bond donors (Lipinski definition) is 0. The molecule has 1 fully saturated rings. The molecule has 0 bridgehead atoms. The average Bonchev–Trinajstić information content (AvgIpc) is 2.86. The van der Waals surface area contributed by atoms with Crippen LogP contribution >= 0.6 is 15.9 Å². The number of carbonyl (C=O) groups excluding carboxylic acids is 1. The molecule has 0 aromatic heterocycles. The lowest BCUT2D eigenvalue weighted by Crippen LogP contribution is -2.05. The van der Waals surface area contributed by atoms with Crippen molar-refractivity contribution in [3.05, 3.63) is 34.3 Å². The quantitative estimate of drug-likeness (QED) is 0.741. The molecule has 0 aliphatic heterocycles. The summed E-state index contributed by atoms with van der Waals surface area (Å²) in [4.78, 5) is 10.8. The van der Waals surface area contributed by atoms with Crippen LogP contribution in [0.5, 0.6) is 0 Å². The molecule has 0 amide bonds. The van der Waals surface area contributed by atoms with Gasteiger partial charge in [-0.15, -0.1) is 0 Å². The van der Waals surface area contributed by atoms with Crippen LogP contribution in [-0.4, -0.2) is 6.29 Å². The molecule has 0 atom stereocenters. The van der Waals surface area contributed by atoms with Gasteiger partial charge in [0.25, 0.3) is 0 Å². The highest BCUT2D eigenvalue weighted by Gasteiger charge is 2.42. The molecule has 2 rings (SSSR count). The largest absolute Gasteiger partial charge is 0.303 e. The highest BCUT2D eigenvalue weighted by Crippen LogP contribution is 2.46. The van der Waals surface area contributed by atoms with E-state index >= 15 is 0 Å². The van der Waals surface area contributed by atoms with Crippen LogP contribution in [0.15, 0.2) is 28.7 Å². The number of benzene rings is 1. The van der Waals surface area contributed by atoms with E-state index in [0.717, 1.165) is 30.0 Å². The molecule has 0 radical (unpaired) electrons. The molecule has 1 aromatic carbocycles. The van der Waals surface area contributed by atoms with Crippen LogP contribution in [0.1, 0.15) is 18.4 Å². The summed E-state index contributed by atoms with van der Waals surface area (Å²) < 4.78 is 1.09. The third-order valence-electron chi connectivity index (χ3n) is 2.59. The van der Waals surface area contributed by atoms with Crippen LogP contribution in [0, 0.1) is 5.41 Å². The smallest absolute Gasteiger partial charge is 0.126 e. The first-order valence-corrected chi connectivity index (χ1v) is 5.24. The lowest BCUT2D eigenvalue weighted by molar-refractivity contribution is -0.112. The summed E-state index contributed by atoms with van der Waals surface area (Å²) in [6, 6.07) is 8.18. The van der Waals surface area contributed by atoms with Gasteiger partial charge in [-0.25, -0.2) is 0 Å². The molecule has 0 saturated heterocycles. The average molecular weight is 239 g/mol. The topological polar surface area (TPSA) is 17.1 Å². The van der Waals surface area contributed by atoms with Crippen LogP contribution in [0.4, 0.5) is 0 Å². The van der Waals surface area contributed by atoms with E-state index in [0.29, 0.717) is 0 Å². The zero-order valence-electron chi connectivity index (χ0n) is 7.29. The Morgan fingerprint density at radius 3 is 2.77 bits per heavy atom. The molecule has 2 heteroatoms. The molecular weight excluding hydrogens is 228 g/mol. The van der Waals surface area contributed by atoms with Gasteiger partial charge >= 0.3 is 0 Å². The van der Waals surface area contributed by atoms with Crippen molar-refractivity contribution in [2.24, 2.45) is 5.41 Å². The maximum absolute atomic E-state index is 10.8. The standard InChI is InChI=1S/C11H11BrO/c12-10-3-1-2-9(6-10)7-11(8-13)4-5-11/h1-3,6,8H,4-5,7H2. The minimum Gasteiger partial charge on any atom is -0.303 e. The molecule has 68 valence electrons. The Hall–Kier alpha value is -0.630. The van der Waals surface area contributed by atoms with Crippen molar-refractivity contribution >= 4 is 22.2 Å². The van der Waals surface area contributed by atoms with Gasteiger partial charge in [-0.1, -0.05) is 28.1 Å². The summed E-state index contributed by atoms with van der Waals surface area (Å²) in [6.07, 6.45) is 4.13. The van der Waals surface area contributed by atoms with E-state index in [1.807, 2.05) is 12.1 Å². The second-order valence-corrected chi connectivity index (χ2v) is 4.70. The van der Waals surface area contributed by atoms with Crippen LogP contribution in [-0.2, 0) is 11.2 Å². The number of halogens is 1. The number of aldehydes is 1. The van der Waals surface area contributed by atoms with Crippen LogP contribution in [0.25, 0.3) is 0 Å². The van der Waals surface area contributed by atoms with E-state index in [2.05, 4.69) is 28.1 Å². The van der Waals surface area contributed by atoms with E-state index in [9.17, 15) is 4.79 Å². The van der Waals surface area contributed by atoms with Gasteiger partial charge in [0, 0.05) is 9.89 Å². The summed E-state index contributed by atoms with van der Waals surface area (Å²) in [5.74, 6) is 0. The van der Waals surface area contributed by atoms with Gasteiger partial charge in [-0.05, 0) is 37.0 Å². The molecular formula is C11H11BrO. The summed E-state index contributed by atoms with van der Waals surface area (Å²) in [6.45, 7) is 0. The Morgan fingerprint density at radius 2 is 2.23 bits per heavy atom. The fraction of sp³-hybridized carbons (Fsp3) is 0.364. The molecule has 1 aliphatic rings. The lowest BCUT2D eigenvalue weighted by Gasteiger charge is -2.06. The number of carbonyl (C=O) groups is 1. The van der Waals surface area contributed by atoms with E-state index < -0.39 is 0 Å². The predicted molar refractivity (Wildman–Crippen MR) is 55.6 cm³/mol. The Bertz CT molecular complexity index is 329. The fourth-order valence-corrected chi connectivity index (χ4v) is 2.00. The summed E-state index contributed by atoms with van der Waals surface area (Å²) in [5.41, 5.74) is 1.24. The van der Waals surface area contributed by atoms with Crippen LogP contribution < -0.4 is 0 Å². The SMILES string of the molecule is O=CC1(Cc2cccc(Br)c2)CC1. The first-order chi connectivity index (χ1) is 6.24. The van der Waals surface area contributed by atoms with Gasteiger partial charge in [0.2, 0.25) is 0 Å². The first-order valence-electron chi connectivity index (χ1n) is 4.45.